The summed E-state index contributed by atoms with van der Waals surface area (Å²) in [4.78, 5) is 10.7. The van der Waals surface area contributed by atoms with E-state index in [0.717, 1.165) is 0 Å². The summed E-state index contributed by atoms with van der Waals surface area (Å²) < 4.78 is 0.553. The molecule has 0 aliphatic rings. The predicted molar refractivity (Wildman–Crippen MR) is 50.8 cm³/mol. The maximum absolute atomic E-state index is 10.7. The Hall–Kier alpha value is -0.540. The van der Waals surface area contributed by atoms with Crippen molar-refractivity contribution < 1.29 is 9.90 Å². The fraction of sp³-hybridized carbons (Fsp3) is 0.125. The minimum atomic E-state index is -0.970. The van der Waals surface area contributed by atoms with Crippen LogP contribution in [-0.4, -0.2) is 11.1 Å². The standard InChI is InChI=1S/C8H6BrClO2/c1-4-6(10)3-2-5(9)7(4)8(11)12/h2-3H,1H3,(H,11,12). The third kappa shape index (κ3) is 1.62. The van der Waals surface area contributed by atoms with E-state index in [9.17, 15) is 4.79 Å². The lowest BCUT2D eigenvalue weighted by Gasteiger charge is -2.04. The second kappa shape index (κ2) is 3.46. The normalized spacial score (nSPS) is 9.92. The van der Waals surface area contributed by atoms with Gasteiger partial charge in [-0.25, -0.2) is 4.79 Å². The predicted octanol–water partition coefficient (Wildman–Crippen LogP) is 3.11. The highest BCUT2D eigenvalue weighted by Gasteiger charge is 2.13. The zero-order valence-corrected chi connectivity index (χ0v) is 8.61. The molecule has 2 nitrogen and oxygen atoms in total. The number of benzene rings is 1. The number of carbonyl (C=O) groups is 1. The molecule has 0 heterocycles. The maximum atomic E-state index is 10.7. The highest BCUT2D eigenvalue weighted by molar-refractivity contribution is 9.10. The second-order valence-corrected chi connectivity index (χ2v) is 3.60. The van der Waals surface area contributed by atoms with Gasteiger partial charge in [0, 0.05) is 9.50 Å². The molecule has 0 saturated carbocycles. The van der Waals surface area contributed by atoms with Crippen molar-refractivity contribution in [2.75, 3.05) is 0 Å². The maximum Gasteiger partial charge on any atom is 0.337 e. The van der Waals surface area contributed by atoms with Crippen LogP contribution in [0.3, 0.4) is 0 Å². The topological polar surface area (TPSA) is 37.3 Å². The molecule has 0 amide bonds. The Bertz CT molecular complexity index is 336. The Morgan fingerprint density at radius 3 is 2.58 bits per heavy atom. The van der Waals surface area contributed by atoms with E-state index in [-0.39, 0.29) is 5.56 Å². The highest BCUT2D eigenvalue weighted by atomic mass is 79.9. The fourth-order valence-corrected chi connectivity index (χ4v) is 1.67. The van der Waals surface area contributed by atoms with Crippen LogP contribution in [0.25, 0.3) is 0 Å². The van der Waals surface area contributed by atoms with E-state index in [1.165, 1.54) is 0 Å². The van der Waals surface area contributed by atoms with Gasteiger partial charge in [-0.1, -0.05) is 11.6 Å². The zero-order valence-electron chi connectivity index (χ0n) is 6.27. The molecule has 0 unspecified atom stereocenters. The number of hydrogen-bond donors (Lipinski definition) is 1. The molecule has 0 atom stereocenters. The largest absolute Gasteiger partial charge is 0.478 e. The second-order valence-electron chi connectivity index (χ2n) is 2.33. The molecular weight excluding hydrogens is 243 g/mol. The summed E-state index contributed by atoms with van der Waals surface area (Å²) in [7, 11) is 0. The Morgan fingerprint density at radius 2 is 2.17 bits per heavy atom. The minimum absolute atomic E-state index is 0.225. The van der Waals surface area contributed by atoms with E-state index in [2.05, 4.69) is 15.9 Å². The number of rotatable bonds is 1. The van der Waals surface area contributed by atoms with Crippen molar-refractivity contribution in [1.82, 2.24) is 0 Å². The molecule has 0 spiro atoms. The molecule has 1 aromatic rings. The molecule has 0 bridgehead atoms. The van der Waals surface area contributed by atoms with Crippen molar-refractivity contribution in [2.24, 2.45) is 0 Å². The van der Waals surface area contributed by atoms with E-state index < -0.39 is 5.97 Å². The molecule has 64 valence electrons. The molecular formula is C8H6BrClO2. The highest BCUT2D eigenvalue weighted by Crippen LogP contribution is 2.26. The first-order chi connectivity index (χ1) is 5.54. The van der Waals surface area contributed by atoms with Crippen molar-refractivity contribution in [3.8, 4) is 0 Å². The molecule has 4 heteroatoms. The first kappa shape index (κ1) is 9.55. The lowest BCUT2D eigenvalue weighted by atomic mass is 10.1. The Kier molecular flexibility index (Phi) is 2.75. The first-order valence-corrected chi connectivity index (χ1v) is 4.39. The van der Waals surface area contributed by atoms with Crippen molar-refractivity contribution in [3.63, 3.8) is 0 Å². The van der Waals surface area contributed by atoms with Crippen molar-refractivity contribution >= 4 is 33.5 Å². The van der Waals surface area contributed by atoms with E-state index in [1.54, 1.807) is 19.1 Å². The number of aromatic carboxylic acids is 1. The van der Waals surface area contributed by atoms with Gasteiger partial charge in [-0.2, -0.15) is 0 Å². The van der Waals surface area contributed by atoms with E-state index in [1.807, 2.05) is 0 Å². The van der Waals surface area contributed by atoms with Gasteiger partial charge in [0.25, 0.3) is 0 Å². The summed E-state index contributed by atoms with van der Waals surface area (Å²) in [6.45, 7) is 1.68. The third-order valence-corrected chi connectivity index (χ3v) is 2.63. The quantitative estimate of drug-likeness (QED) is 0.830. The van der Waals surface area contributed by atoms with Crippen molar-refractivity contribution in [1.29, 1.82) is 0 Å². The Balaban J connectivity index is 3.43. The molecule has 1 aromatic carbocycles. The fourth-order valence-electron chi connectivity index (χ4n) is 0.916. The lowest BCUT2D eigenvalue weighted by molar-refractivity contribution is 0.0695. The van der Waals surface area contributed by atoms with Crippen LogP contribution in [0.1, 0.15) is 15.9 Å². The summed E-state index contributed by atoms with van der Waals surface area (Å²) in [5, 5.41) is 9.25. The molecule has 0 saturated heterocycles. The summed E-state index contributed by atoms with van der Waals surface area (Å²) in [6, 6.07) is 3.28. The van der Waals surface area contributed by atoms with Gasteiger partial charge in [-0.05, 0) is 40.5 Å². The van der Waals surface area contributed by atoms with Gasteiger partial charge in [-0.3, -0.25) is 0 Å². The summed E-state index contributed by atoms with van der Waals surface area (Å²) in [5.41, 5.74) is 0.807. The number of carboxylic acid groups (broad SMARTS) is 1. The van der Waals surface area contributed by atoms with Crippen molar-refractivity contribution in [2.45, 2.75) is 6.92 Å². The van der Waals surface area contributed by atoms with Crippen LogP contribution in [0.2, 0.25) is 5.02 Å². The first-order valence-electron chi connectivity index (χ1n) is 3.22. The molecule has 1 N–H and O–H groups in total. The van der Waals surface area contributed by atoms with E-state index >= 15 is 0 Å². The molecule has 0 fully saturated rings. The van der Waals surface area contributed by atoms with Gasteiger partial charge in [0.15, 0.2) is 0 Å². The van der Waals surface area contributed by atoms with Gasteiger partial charge < -0.3 is 5.11 Å². The molecule has 0 aliphatic heterocycles. The SMILES string of the molecule is Cc1c(Cl)ccc(Br)c1C(=O)O. The van der Waals surface area contributed by atoms with E-state index in [4.69, 9.17) is 16.7 Å². The summed E-state index contributed by atoms with van der Waals surface area (Å²) in [5.74, 6) is -0.970. The van der Waals surface area contributed by atoms with Crippen LogP contribution >= 0.6 is 27.5 Å². The average molecular weight is 249 g/mol. The number of carboxylic acids is 1. The molecule has 0 radical (unpaired) electrons. The van der Waals surface area contributed by atoms with Gasteiger partial charge in [0.1, 0.15) is 0 Å². The molecule has 1 rings (SSSR count). The van der Waals surface area contributed by atoms with Crippen LogP contribution in [0.15, 0.2) is 16.6 Å². The van der Waals surface area contributed by atoms with Crippen LogP contribution in [0, 0.1) is 6.92 Å². The van der Waals surface area contributed by atoms with Crippen LogP contribution in [0.5, 0.6) is 0 Å². The van der Waals surface area contributed by atoms with Crippen LogP contribution in [0.4, 0.5) is 0 Å². The minimum Gasteiger partial charge on any atom is -0.478 e. The van der Waals surface area contributed by atoms with Crippen molar-refractivity contribution in [3.05, 3.63) is 32.8 Å². The van der Waals surface area contributed by atoms with Gasteiger partial charge in [-0.15, -0.1) is 0 Å². The average Bonchev–Trinajstić information content (AvgIpc) is 1.97. The van der Waals surface area contributed by atoms with E-state index in [0.29, 0.717) is 15.1 Å². The monoisotopic (exact) mass is 248 g/mol. The van der Waals surface area contributed by atoms with Gasteiger partial charge in [0.2, 0.25) is 0 Å². The molecule has 12 heavy (non-hydrogen) atoms. The zero-order chi connectivity index (χ0) is 9.30. The van der Waals surface area contributed by atoms with Gasteiger partial charge in [0.05, 0.1) is 5.56 Å². The lowest BCUT2D eigenvalue weighted by Crippen LogP contribution is -2.01. The smallest absolute Gasteiger partial charge is 0.337 e. The molecule has 0 aliphatic carbocycles. The van der Waals surface area contributed by atoms with Crippen LogP contribution < -0.4 is 0 Å². The molecule has 0 aromatic heterocycles. The van der Waals surface area contributed by atoms with Crippen LogP contribution in [-0.2, 0) is 0 Å². The summed E-state index contributed by atoms with van der Waals surface area (Å²) >= 11 is 8.89. The Labute approximate surface area is 83.3 Å². The number of halogens is 2. The Morgan fingerprint density at radius 1 is 1.58 bits per heavy atom. The number of hydrogen-bond acceptors (Lipinski definition) is 1. The third-order valence-electron chi connectivity index (χ3n) is 1.56. The summed E-state index contributed by atoms with van der Waals surface area (Å²) in [6.07, 6.45) is 0. The van der Waals surface area contributed by atoms with Gasteiger partial charge >= 0.3 is 5.97 Å².